The summed E-state index contributed by atoms with van der Waals surface area (Å²) in [6, 6.07) is 13.7. The Labute approximate surface area is 208 Å². The van der Waals surface area contributed by atoms with Crippen molar-refractivity contribution in [3.8, 4) is 11.8 Å². The van der Waals surface area contributed by atoms with Crippen molar-refractivity contribution in [3.63, 3.8) is 0 Å². The van der Waals surface area contributed by atoms with Crippen molar-refractivity contribution in [1.82, 2.24) is 14.7 Å². The number of para-hydroxylation sites is 1. The lowest BCUT2D eigenvalue weighted by Crippen LogP contribution is -2.46. The molecule has 1 fully saturated rings. The number of carbonyl (C=O) groups is 2. The van der Waals surface area contributed by atoms with Gasteiger partial charge in [-0.05, 0) is 57.2 Å². The molecule has 1 saturated heterocycles. The number of nitriles is 1. The third-order valence-corrected chi connectivity index (χ3v) is 5.48. The Morgan fingerprint density at radius 2 is 1.94 bits per heavy atom. The lowest BCUT2D eigenvalue weighted by Gasteiger charge is -2.37. The summed E-state index contributed by atoms with van der Waals surface area (Å²) < 4.78 is 25.9. The highest BCUT2D eigenvalue weighted by Crippen LogP contribution is 2.33. The predicted octanol–water partition coefficient (Wildman–Crippen LogP) is 4.44. The lowest BCUT2D eigenvalue weighted by molar-refractivity contribution is -0.0329. The van der Waals surface area contributed by atoms with E-state index in [1.807, 2.05) is 0 Å². The summed E-state index contributed by atoms with van der Waals surface area (Å²) in [6.07, 6.45) is 1.08. The van der Waals surface area contributed by atoms with Crippen LogP contribution in [0.1, 0.15) is 48.4 Å². The van der Waals surface area contributed by atoms with E-state index in [-0.39, 0.29) is 29.4 Å². The number of halogens is 1. The number of rotatable bonds is 4. The van der Waals surface area contributed by atoms with Crippen LogP contribution < -0.4 is 5.32 Å². The summed E-state index contributed by atoms with van der Waals surface area (Å²) in [5, 5.41) is 16.8. The molecule has 2 amide bonds. The van der Waals surface area contributed by atoms with Crippen molar-refractivity contribution in [2.24, 2.45) is 0 Å². The highest BCUT2D eigenvalue weighted by Gasteiger charge is 2.34. The number of anilines is 1. The lowest BCUT2D eigenvalue weighted by atomic mass is 9.99. The van der Waals surface area contributed by atoms with Crippen molar-refractivity contribution in [2.45, 2.75) is 32.4 Å². The maximum atomic E-state index is 13.2. The summed E-state index contributed by atoms with van der Waals surface area (Å²) in [5.41, 5.74) is 1.04. The van der Waals surface area contributed by atoms with E-state index >= 15 is 0 Å². The van der Waals surface area contributed by atoms with E-state index in [4.69, 9.17) is 9.47 Å². The molecule has 1 atom stereocenters. The Bertz CT molecular complexity index is 1310. The monoisotopic (exact) mass is 491 g/mol. The molecule has 0 saturated carbocycles. The van der Waals surface area contributed by atoms with Gasteiger partial charge >= 0.3 is 6.09 Å². The molecular weight excluding hydrogens is 465 g/mol. The number of benzene rings is 2. The van der Waals surface area contributed by atoms with Crippen molar-refractivity contribution in [1.29, 1.82) is 5.26 Å². The van der Waals surface area contributed by atoms with E-state index in [1.54, 1.807) is 62.2 Å². The fourth-order valence-electron chi connectivity index (χ4n) is 3.84. The topological polar surface area (TPSA) is 109 Å². The van der Waals surface area contributed by atoms with Crippen molar-refractivity contribution in [3.05, 3.63) is 77.4 Å². The number of ether oxygens (including phenoxy) is 2. The molecule has 1 aliphatic heterocycles. The number of morpholine rings is 1. The Kier molecular flexibility index (Phi) is 7.03. The van der Waals surface area contributed by atoms with E-state index < -0.39 is 23.6 Å². The first-order valence-corrected chi connectivity index (χ1v) is 11.4. The van der Waals surface area contributed by atoms with Gasteiger partial charge in [0.15, 0.2) is 5.69 Å². The zero-order valence-electron chi connectivity index (χ0n) is 20.2. The summed E-state index contributed by atoms with van der Waals surface area (Å²) in [4.78, 5) is 27.6. The van der Waals surface area contributed by atoms with Crippen molar-refractivity contribution < 1.29 is 23.5 Å². The molecule has 0 aliphatic carbocycles. The van der Waals surface area contributed by atoms with Gasteiger partial charge in [0, 0.05) is 18.3 Å². The summed E-state index contributed by atoms with van der Waals surface area (Å²) in [6.45, 7) is 6.17. The number of nitrogens with one attached hydrogen (secondary N) is 1. The minimum absolute atomic E-state index is 0.0990. The number of amides is 2. The van der Waals surface area contributed by atoms with Gasteiger partial charge in [-0.3, -0.25) is 9.69 Å². The Balaban J connectivity index is 1.63. The third-order valence-electron chi connectivity index (χ3n) is 5.48. The average molecular weight is 492 g/mol. The largest absolute Gasteiger partial charge is 0.444 e. The molecule has 2 aromatic carbocycles. The molecule has 0 bridgehead atoms. The van der Waals surface area contributed by atoms with Crippen molar-refractivity contribution in [2.75, 3.05) is 25.1 Å². The number of aromatic nitrogens is 2. The molecular formula is C26H26FN5O4. The summed E-state index contributed by atoms with van der Waals surface area (Å²) >= 11 is 0. The van der Waals surface area contributed by atoms with Crippen LogP contribution in [0.4, 0.5) is 14.9 Å². The van der Waals surface area contributed by atoms with Crippen LogP contribution in [0.3, 0.4) is 0 Å². The smallest absolute Gasteiger partial charge is 0.410 e. The summed E-state index contributed by atoms with van der Waals surface area (Å²) in [7, 11) is 0. The Morgan fingerprint density at radius 1 is 1.19 bits per heavy atom. The van der Waals surface area contributed by atoms with E-state index in [9.17, 15) is 19.2 Å². The molecule has 36 heavy (non-hydrogen) atoms. The first kappa shape index (κ1) is 24.9. The van der Waals surface area contributed by atoms with Crippen LogP contribution in [0.2, 0.25) is 0 Å². The van der Waals surface area contributed by atoms with Gasteiger partial charge < -0.3 is 14.8 Å². The Hall–Kier alpha value is -4.23. The molecule has 1 N–H and O–H groups in total. The van der Waals surface area contributed by atoms with Gasteiger partial charge in [0.2, 0.25) is 0 Å². The van der Waals surface area contributed by atoms with Crippen LogP contribution in [0.25, 0.3) is 5.69 Å². The van der Waals surface area contributed by atoms with E-state index in [2.05, 4.69) is 16.5 Å². The quantitative estimate of drug-likeness (QED) is 0.578. The molecule has 4 rings (SSSR count). The second kappa shape index (κ2) is 10.2. The van der Waals surface area contributed by atoms with E-state index in [0.717, 1.165) is 0 Å². The van der Waals surface area contributed by atoms with Gasteiger partial charge in [-0.25, -0.2) is 13.9 Å². The minimum Gasteiger partial charge on any atom is -0.444 e. The third kappa shape index (κ3) is 5.53. The highest BCUT2D eigenvalue weighted by molar-refractivity contribution is 6.04. The maximum Gasteiger partial charge on any atom is 0.410 e. The first-order valence-electron chi connectivity index (χ1n) is 11.4. The maximum absolute atomic E-state index is 13.2. The molecule has 3 aromatic rings. The van der Waals surface area contributed by atoms with Crippen LogP contribution in [-0.2, 0) is 9.47 Å². The summed E-state index contributed by atoms with van der Waals surface area (Å²) in [5.74, 6) is -0.919. The zero-order valence-corrected chi connectivity index (χ0v) is 20.2. The number of carbonyl (C=O) groups excluding carboxylic acids is 2. The van der Waals surface area contributed by atoms with Crippen LogP contribution in [0.5, 0.6) is 0 Å². The number of hydrogen-bond acceptors (Lipinski definition) is 6. The molecule has 0 radical (unpaired) electrons. The van der Waals surface area contributed by atoms with Gasteiger partial charge in [-0.1, -0.05) is 12.1 Å². The fraction of sp³-hybridized carbons (Fsp3) is 0.308. The normalized spacial score (nSPS) is 15.8. The van der Waals surface area contributed by atoms with Gasteiger partial charge in [0.25, 0.3) is 5.91 Å². The second-order valence-corrected chi connectivity index (χ2v) is 9.22. The average Bonchev–Trinajstić information content (AvgIpc) is 3.34. The molecule has 2 heterocycles. The minimum atomic E-state index is -0.686. The van der Waals surface area contributed by atoms with Crippen LogP contribution in [0.15, 0.2) is 54.7 Å². The van der Waals surface area contributed by atoms with Crippen molar-refractivity contribution >= 4 is 17.7 Å². The number of nitrogens with zero attached hydrogens (tertiary/aromatic N) is 4. The van der Waals surface area contributed by atoms with Gasteiger partial charge in [0.1, 0.15) is 17.5 Å². The zero-order chi connectivity index (χ0) is 25.9. The SMILES string of the molecule is CC(C)(C)OC(=O)N1CCOCC1c1cccc(C#N)c1NC(=O)c1ccn(-c2ccc(F)cc2)n1. The van der Waals surface area contributed by atoms with Gasteiger partial charge in [-0.15, -0.1) is 0 Å². The van der Waals surface area contributed by atoms with Crippen LogP contribution in [-0.4, -0.2) is 52.0 Å². The van der Waals surface area contributed by atoms with Crippen LogP contribution >= 0.6 is 0 Å². The second-order valence-electron chi connectivity index (χ2n) is 9.22. The van der Waals surface area contributed by atoms with Gasteiger partial charge in [0.05, 0.1) is 36.2 Å². The van der Waals surface area contributed by atoms with E-state index in [0.29, 0.717) is 24.4 Å². The molecule has 9 nitrogen and oxygen atoms in total. The fourth-order valence-corrected chi connectivity index (χ4v) is 3.84. The first-order chi connectivity index (χ1) is 17.2. The molecule has 10 heteroatoms. The molecule has 0 spiro atoms. The standard InChI is InChI=1S/C26H26FN5O4/c1-26(2,3)36-25(34)31-13-14-35-16-22(31)20-6-4-5-17(15-28)23(20)29-24(33)21-11-12-32(30-21)19-9-7-18(27)8-10-19/h4-12,22H,13-14,16H2,1-3H3,(H,29,33). The molecule has 1 unspecified atom stereocenters. The Morgan fingerprint density at radius 3 is 2.64 bits per heavy atom. The molecule has 186 valence electrons. The van der Waals surface area contributed by atoms with E-state index in [1.165, 1.54) is 22.9 Å². The predicted molar refractivity (Wildman–Crippen MR) is 129 cm³/mol. The highest BCUT2D eigenvalue weighted by atomic mass is 19.1. The van der Waals surface area contributed by atoms with Crippen LogP contribution in [0, 0.1) is 17.1 Å². The number of hydrogen-bond donors (Lipinski definition) is 1. The molecule has 1 aromatic heterocycles. The molecule has 1 aliphatic rings. The van der Waals surface area contributed by atoms with Gasteiger partial charge in [-0.2, -0.15) is 10.4 Å².